The molecule has 0 bridgehead atoms. The lowest BCUT2D eigenvalue weighted by molar-refractivity contribution is 0.323. The maximum Gasteiger partial charge on any atom is 0.240 e. The quantitative estimate of drug-likeness (QED) is 0.828. The van der Waals surface area contributed by atoms with Crippen LogP contribution in [0.25, 0.3) is 0 Å². The van der Waals surface area contributed by atoms with Gasteiger partial charge in [-0.3, -0.25) is 0 Å². The molecule has 1 N–H and O–H groups in total. The van der Waals surface area contributed by atoms with E-state index in [0.717, 1.165) is 5.56 Å². The Morgan fingerprint density at radius 3 is 2.29 bits per heavy atom. The van der Waals surface area contributed by atoms with Crippen LogP contribution < -0.4 is 4.72 Å². The van der Waals surface area contributed by atoms with E-state index in [0.29, 0.717) is 11.4 Å². The smallest absolute Gasteiger partial charge is 0.240 e. The Kier molecular flexibility index (Phi) is 3.01. The van der Waals surface area contributed by atoms with Crippen LogP contribution in [0, 0.1) is 6.92 Å². The zero-order valence-electron chi connectivity index (χ0n) is 10.2. The molecule has 0 radical (unpaired) electrons. The highest BCUT2D eigenvalue weighted by Gasteiger charge is 2.47. The van der Waals surface area contributed by atoms with Crippen molar-refractivity contribution in [3.05, 3.63) is 29.8 Å². The third kappa shape index (κ3) is 2.86. The maximum atomic E-state index is 11.9. The summed E-state index contributed by atoms with van der Waals surface area (Å²) in [7, 11) is -3.41. The normalized spacial score (nSPS) is 22.4. The van der Waals surface area contributed by atoms with Crippen molar-refractivity contribution < 1.29 is 13.2 Å². The topological polar surface area (TPSA) is 58.7 Å². The molecule has 2 rings (SSSR count). The molecule has 0 unspecified atom stereocenters. The van der Waals surface area contributed by atoms with Crippen molar-refractivity contribution in [2.75, 3.05) is 6.54 Å². The minimum Gasteiger partial charge on any atom is -0.365 e. The van der Waals surface area contributed by atoms with Crippen LogP contribution in [0.3, 0.4) is 0 Å². The fourth-order valence-electron chi connectivity index (χ4n) is 1.61. The van der Waals surface area contributed by atoms with Gasteiger partial charge in [0.05, 0.1) is 10.5 Å². The first kappa shape index (κ1) is 12.5. The number of sulfonamides is 1. The van der Waals surface area contributed by atoms with Gasteiger partial charge in [0.15, 0.2) is 0 Å². The van der Waals surface area contributed by atoms with Gasteiger partial charge in [0.25, 0.3) is 0 Å². The lowest BCUT2D eigenvalue weighted by atomic mass is 10.1. The van der Waals surface area contributed by atoms with Crippen LogP contribution in [0.5, 0.6) is 0 Å². The summed E-state index contributed by atoms with van der Waals surface area (Å²) in [4.78, 5) is 0.293. The second kappa shape index (κ2) is 4.08. The van der Waals surface area contributed by atoms with Crippen molar-refractivity contribution in [1.82, 2.24) is 4.72 Å². The van der Waals surface area contributed by atoms with E-state index in [1.54, 1.807) is 24.3 Å². The third-order valence-electron chi connectivity index (χ3n) is 2.95. The predicted molar refractivity (Wildman–Crippen MR) is 65.3 cm³/mol. The van der Waals surface area contributed by atoms with Crippen molar-refractivity contribution in [2.24, 2.45) is 0 Å². The van der Waals surface area contributed by atoms with Crippen molar-refractivity contribution in [3.8, 4) is 0 Å². The van der Waals surface area contributed by atoms with E-state index < -0.39 is 10.0 Å². The average molecular weight is 255 g/mol. The third-order valence-corrected chi connectivity index (χ3v) is 4.39. The molecule has 0 aromatic heterocycles. The van der Waals surface area contributed by atoms with Gasteiger partial charge in [-0.2, -0.15) is 0 Å². The first-order valence-corrected chi connectivity index (χ1v) is 7.04. The van der Waals surface area contributed by atoms with E-state index in [-0.39, 0.29) is 11.7 Å². The molecule has 17 heavy (non-hydrogen) atoms. The van der Waals surface area contributed by atoms with Crippen molar-refractivity contribution in [2.45, 2.75) is 37.4 Å². The first-order chi connectivity index (χ1) is 7.81. The van der Waals surface area contributed by atoms with Gasteiger partial charge in [-0.05, 0) is 32.9 Å². The van der Waals surface area contributed by atoms with Gasteiger partial charge in [-0.25, -0.2) is 13.1 Å². The molecule has 1 aromatic rings. The molecule has 1 fully saturated rings. The van der Waals surface area contributed by atoms with Crippen LogP contribution in [0.15, 0.2) is 29.2 Å². The number of benzene rings is 1. The maximum absolute atomic E-state index is 11.9. The van der Waals surface area contributed by atoms with Crippen LogP contribution in [-0.4, -0.2) is 26.7 Å². The molecular weight excluding hydrogens is 238 g/mol. The average Bonchev–Trinajstić information content (AvgIpc) is 2.85. The summed E-state index contributed by atoms with van der Waals surface area (Å²) in [5.41, 5.74) is 0.839. The molecule has 0 amide bonds. The molecule has 4 nitrogen and oxygen atoms in total. The SMILES string of the molecule is Cc1ccc(S(=O)(=O)NC[C@@H]2OC2(C)C)cc1. The molecule has 1 aliphatic rings. The number of ether oxygens (including phenoxy) is 1. The van der Waals surface area contributed by atoms with E-state index >= 15 is 0 Å². The number of nitrogens with one attached hydrogen (secondary N) is 1. The molecule has 1 saturated heterocycles. The highest BCUT2D eigenvalue weighted by molar-refractivity contribution is 7.89. The summed E-state index contributed by atoms with van der Waals surface area (Å²) in [6.07, 6.45) is -0.0253. The van der Waals surface area contributed by atoms with E-state index in [2.05, 4.69) is 4.72 Å². The monoisotopic (exact) mass is 255 g/mol. The number of hydrogen-bond donors (Lipinski definition) is 1. The summed E-state index contributed by atoms with van der Waals surface area (Å²) < 4.78 is 31.7. The number of aryl methyl sites for hydroxylation is 1. The molecule has 1 aromatic carbocycles. The van der Waals surface area contributed by atoms with Gasteiger partial charge >= 0.3 is 0 Å². The fraction of sp³-hybridized carbons (Fsp3) is 0.500. The summed E-state index contributed by atoms with van der Waals surface area (Å²) in [5.74, 6) is 0. The van der Waals surface area contributed by atoms with Gasteiger partial charge in [0.1, 0.15) is 6.10 Å². The van der Waals surface area contributed by atoms with Crippen LogP contribution >= 0.6 is 0 Å². The predicted octanol–water partition coefficient (Wildman–Crippen LogP) is 1.45. The lowest BCUT2D eigenvalue weighted by Gasteiger charge is -2.06. The molecule has 1 heterocycles. The largest absolute Gasteiger partial charge is 0.365 e. The van der Waals surface area contributed by atoms with E-state index in [1.807, 2.05) is 20.8 Å². The second-order valence-electron chi connectivity index (χ2n) is 4.87. The van der Waals surface area contributed by atoms with Crippen LogP contribution in [0.1, 0.15) is 19.4 Å². The minimum absolute atomic E-state index is 0.0253. The summed E-state index contributed by atoms with van der Waals surface area (Å²) >= 11 is 0. The molecule has 0 saturated carbocycles. The van der Waals surface area contributed by atoms with Gasteiger partial charge < -0.3 is 4.74 Å². The molecule has 94 valence electrons. The fourth-order valence-corrected chi connectivity index (χ4v) is 2.64. The van der Waals surface area contributed by atoms with Crippen LogP contribution in [-0.2, 0) is 14.8 Å². The Labute approximate surface area is 102 Å². The molecule has 0 aliphatic carbocycles. The first-order valence-electron chi connectivity index (χ1n) is 5.55. The lowest BCUT2D eigenvalue weighted by Crippen LogP contribution is -2.29. The van der Waals surface area contributed by atoms with E-state index in [9.17, 15) is 8.42 Å². The number of hydrogen-bond acceptors (Lipinski definition) is 3. The highest BCUT2D eigenvalue weighted by atomic mass is 32.2. The number of rotatable bonds is 4. The molecule has 0 spiro atoms. The Balaban J connectivity index is 2.02. The molecule has 1 aliphatic heterocycles. The Hall–Kier alpha value is -0.910. The molecule has 1 atom stereocenters. The van der Waals surface area contributed by atoms with Gasteiger partial charge in [-0.15, -0.1) is 0 Å². The summed E-state index contributed by atoms with van der Waals surface area (Å²) in [6.45, 7) is 6.13. The van der Waals surface area contributed by atoms with Crippen molar-refractivity contribution >= 4 is 10.0 Å². The highest BCUT2D eigenvalue weighted by Crippen LogP contribution is 2.34. The van der Waals surface area contributed by atoms with Gasteiger partial charge in [0, 0.05) is 6.54 Å². The van der Waals surface area contributed by atoms with Crippen molar-refractivity contribution in [1.29, 1.82) is 0 Å². The summed E-state index contributed by atoms with van der Waals surface area (Å²) in [5, 5.41) is 0. The zero-order valence-corrected chi connectivity index (χ0v) is 11.0. The summed E-state index contributed by atoms with van der Waals surface area (Å²) in [6, 6.07) is 6.78. The van der Waals surface area contributed by atoms with Gasteiger partial charge in [-0.1, -0.05) is 17.7 Å². The van der Waals surface area contributed by atoms with Gasteiger partial charge in [0.2, 0.25) is 10.0 Å². The number of epoxide rings is 1. The molecule has 5 heteroatoms. The van der Waals surface area contributed by atoms with Crippen molar-refractivity contribution in [3.63, 3.8) is 0 Å². The Morgan fingerprint density at radius 1 is 1.29 bits per heavy atom. The second-order valence-corrected chi connectivity index (χ2v) is 6.64. The van der Waals surface area contributed by atoms with Crippen LogP contribution in [0.4, 0.5) is 0 Å². The van der Waals surface area contributed by atoms with E-state index in [1.165, 1.54) is 0 Å². The minimum atomic E-state index is -3.41. The standard InChI is InChI=1S/C12H17NO3S/c1-9-4-6-10(7-5-9)17(14,15)13-8-11-12(2,3)16-11/h4-7,11,13H,8H2,1-3H3/t11-/m0/s1. The zero-order chi connectivity index (χ0) is 12.7. The molecular formula is C12H17NO3S. The van der Waals surface area contributed by atoms with E-state index in [4.69, 9.17) is 4.74 Å². The van der Waals surface area contributed by atoms with Crippen LogP contribution in [0.2, 0.25) is 0 Å². The Morgan fingerprint density at radius 2 is 1.82 bits per heavy atom. The Bertz CT molecular complexity index is 505.